The van der Waals surface area contributed by atoms with E-state index in [1.165, 1.54) is 4.57 Å². The van der Waals surface area contributed by atoms with Gasteiger partial charge in [-0.05, 0) is 66.9 Å². The molecule has 6 nitrogen and oxygen atoms in total. The van der Waals surface area contributed by atoms with Crippen molar-refractivity contribution in [2.24, 2.45) is 11.3 Å². The van der Waals surface area contributed by atoms with Gasteiger partial charge in [-0.1, -0.05) is 13.3 Å². The molecular weight excluding hydrogens is 394 g/mol. The lowest BCUT2D eigenvalue weighted by Gasteiger charge is -2.21. The van der Waals surface area contributed by atoms with Gasteiger partial charge in [-0.2, -0.15) is 0 Å². The van der Waals surface area contributed by atoms with Crippen LogP contribution in [0.4, 0.5) is 0 Å². The van der Waals surface area contributed by atoms with Crippen molar-refractivity contribution in [2.45, 2.75) is 58.9 Å². The van der Waals surface area contributed by atoms with Crippen LogP contribution in [0.1, 0.15) is 51.1 Å². The quantitative estimate of drug-likeness (QED) is 0.575. The summed E-state index contributed by atoms with van der Waals surface area (Å²) < 4.78 is 4.01. The molecule has 2 aliphatic carbocycles. The van der Waals surface area contributed by atoms with Crippen LogP contribution in [-0.2, 0) is 6.54 Å². The molecule has 0 spiro atoms. The molecule has 2 fully saturated rings. The molecule has 7 heteroatoms. The summed E-state index contributed by atoms with van der Waals surface area (Å²) in [5.74, 6) is 0.931. The van der Waals surface area contributed by atoms with Crippen LogP contribution >= 0.6 is 15.9 Å². The number of rotatable bonds is 5. The molecule has 2 N–H and O–H groups in total. The van der Waals surface area contributed by atoms with E-state index >= 15 is 0 Å². The maximum atomic E-state index is 13.0. The lowest BCUT2D eigenvalue weighted by molar-refractivity contribution is 0.568. The topological polar surface area (TPSA) is 87.5 Å². The molecule has 0 saturated heterocycles. The maximum absolute atomic E-state index is 13.0. The van der Waals surface area contributed by atoms with E-state index in [-0.39, 0.29) is 16.5 Å². The van der Waals surface area contributed by atoms with Crippen molar-refractivity contribution in [3.8, 4) is 0 Å². The molecule has 4 rings (SSSR count). The molecule has 0 bridgehead atoms. The Labute approximate surface area is 160 Å². The highest BCUT2D eigenvalue weighted by Gasteiger charge is 2.57. The average molecular weight is 418 g/mol. The second-order valence-corrected chi connectivity index (χ2v) is 8.53. The molecule has 2 heterocycles. The lowest BCUT2D eigenvalue weighted by atomic mass is 9.98. The number of unbranched alkanes of at least 4 members (excludes halogenated alkanes) is 1. The van der Waals surface area contributed by atoms with Crippen LogP contribution in [-0.4, -0.2) is 20.0 Å². The minimum absolute atomic E-state index is 0.139. The summed E-state index contributed by atoms with van der Waals surface area (Å²) in [6.07, 6.45) is 6.11. The van der Waals surface area contributed by atoms with Crippen molar-refractivity contribution < 1.29 is 0 Å². The number of hydrogen-bond acceptors (Lipinski definition) is 4. The number of halogens is 1. The van der Waals surface area contributed by atoms with Crippen LogP contribution < -0.4 is 11.0 Å². The summed E-state index contributed by atoms with van der Waals surface area (Å²) in [6.45, 7) is 4.55. The summed E-state index contributed by atoms with van der Waals surface area (Å²) in [7, 11) is 0. The Morgan fingerprint density at radius 3 is 2.69 bits per heavy atom. The number of pyridine rings is 1. The number of hydrogen-bond donors (Lipinski definition) is 2. The van der Waals surface area contributed by atoms with E-state index in [0.717, 1.165) is 48.7 Å². The van der Waals surface area contributed by atoms with Crippen LogP contribution in [0.3, 0.4) is 0 Å². The van der Waals surface area contributed by atoms with Crippen LogP contribution in [0.2, 0.25) is 0 Å². The van der Waals surface area contributed by atoms with E-state index in [2.05, 4.69) is 27.8 Å². The standard InChI is InChI=1S/C19H24BrN5O/c1-3-4-9-24-14-10-13(20)11(2)23-16(14)25(15(21)17(24)26)18(22)19(7-8-19)12-5-6-12/h10,12,21-22H,3-9H2,1-2H3. The molecule has 2 aromatic rings. The van der Waals surface area contributed by atoms with Gasteiger partial charge in [0.25, 0.3) is 5.56 Å². The van der Waals surface area contributed by atoms with E-state index < -0.39 is 0 Å². The monoisotopic (exact) mass is 417 g/mol. The van der Waals surface area contributed by atoms with E-state index in [0.29, 0.717) is 29.5 Å². The summed E-state index contributed by atoms with van der Waals surface area (Å²) >= 11 is 3.52. The zero-order valence-electron chi connectivity index (χ0n) is 15.2. The molecule has 2 aliphatic rings. The summed E-state index contributed by atoms with van der Waals surface area (Å²) in [5.41, 5.74) is 1.45. The molecule has 26 heavy (non-hydrogen) atoms. The Morgan fingerprint density at radius 1 is 1.42 bits per heavy atom. The average Bonchev–Trinajstić information content (AvgIpc) is 3.48. The number of fused-ring (bicyclic) bond motifs is 1. The predicted molar refractivity (Wildman–Crippen MR) is 105 cm³/mol. The van der Waals surface area contributed by atoms with Gasteiger partial charge in [0, 0.05) is 16.4 Å². The minimum Gasteiger partial charge on any atom is -0.302 e. The molecule has 2 saturated carbocycles. The molecule has 138 valence electrons. The largest absolute Gasteiger partial charge is 0.302 e. The Balaban J connectivity index is 2.00. The summed E-state index contributed by atoms with van der Waals surface area (Å²) in [4.78, 5) is 17.6. The summed E-state index contributed by atoms with van der Waals surface area (Å²) in [5, 5.41) is 17.4. The third-order valence-electron chi connectivity index (χ3n) is 5.86. The molecule has 0 radical (unpaired) electrons. The molecule has 0 aromatic carbocycles. The van der Waals surface area contributed by atoms with E-state index in [4.69, 9.17) is 10.8 Å². The fourth-order valence-corrected chi connectivity index (χ4v) is 4.25. The van der Waals surface area contributed by atoms with E-state index in [9.17, 15) is 4.79 Å². The third-order valence-corrected chi connectivity index (χ3v) is 6.67. The van der Waals surface area contributed by atoms with Gasteiger partial charge < -0.3 is 4.57 Å². The molecular formula is C19H24BrN5O. The van der Waals surface area contributed by atoms with Crippen molar-refractivity contribution in [1.82, 2.24) is 14.1 Å². The molecule has 0 atom stereocenters. The number of nitrogens with zero attached hydrogens (tertiary/aromatic N) is 3. The number of aryl methyl sites for hydroxylation is 2. The Kier molecular flexibility index (Phi) is 4.17. The van der Waals surface area contributed by atoms with Gasteiger partial charge in [-0.3, -0.25) is 20.2 Å². The highest BCUT2D eigenvalue weighted by atomic mass is 79.9. The second kappa shape index (κ2) is 6.15. The number of aromatic nitrogens is 3. The van der Waals surface area contributed by atoms with Gasteiger partial charge in [-0.25, -0.2) is 4.98 Å². The van der Waals surface area contributed by atoms with Crippen molar-refractivity contribution in [3.05, 3.63) is 32.1 Å². The fourth-order valence-electron chi connectivity index (χ4n) is 3.95. The van der Waals surface area contributed by atoms with Gasteiger partial charge in [-0.15, -0.1) is 0 Å². The smallest absolute Gasteiger partial charge is 0.294 e. The fraction of sp³-hybridized carbons (Fsp3) is 0.579. The lowest BCUT2D eigenvalue weighted by Crippen LogP contribution is -2.46. The zero-order chi connectivity index (χ0) is 18.6. The van der Waals surface area contributed by atoms with Crippen molar-refractivity contribution in [3.63, 3.8) is 0 Å². The third kappa shape index (κ3) is 2.59. The Morgan fingerprint density at radius 2 is 2.12 bits per heavy atom. The van der Waals surface area contributed by atoms with Gasteiger partial charge >= 0.3 is 0 Å². The van der Waals surface area contributed by atoms with Gasteiger partial charge in [0.2, 0.25) is 0 Å². The highest BCUT2D eigenvalue weighted by molar-refractivity contribution is 9.10. The first-order chi connectivity index (χ1) is 12.4. The first-order valence-corrected chi connectivity index (χ1v) is 10.2. The van der Waals surface area contributed by atoms with Crippen LogP contribution in [0.15, 0.2) is 15.3 Å². The van der Waals surface area contributed by atoms with E-state index in [1.807, 2.05) is 13.0 Å². The molecule has 2 aromatic heterocycles. The van der Waals surface area contributed by atoms with Crippen molar-refractivity contribution in [1.29, 1.82) is 10.8 Å². The maximum Gasteiger partial charge on any atom is 0.294 e. The van der Waals surface area contributed by atoms with Gasteiger partial charge in [0.05, 0.1) is 11.2 Å². The van der Waals surface area contributed by atoms with Crippen LogP contribution in [0.5, 0.6) is 0 Å². The van der Waals surface area contributed by atoms with Crippen molar-refractivity contribution in [2.75, 3.05) is 0 Å². The zero-order valence-corrected chi connectivity index (χ0v) is 16.8. The van der Waals surface area contributed by atoms with E-state index in [1.54, 1.807) is 4.57 Å². The Hall–Kier alpha value is -1.76. The van der Waals surface area contributed by atoms with Crippen molar-refractivity contribution >= 4 is 32.9 Å². The first-order valence-electron chi connectivity index (χ1n) is 9.37. The molecule has 0 aliphatic heterocycles. The molecule has 0 unspecified atom stereocenters. The predicted octanol–water partition coefficient (Wildman–Crippen LogP) is 3.56. The van der Waals surface area contributed by atoms with Crippen LogP contribution in [0, 0.1) is 29.1 Å². The minimum atomic E-state index is -0.333. The molecule has 0 amide bonds. The van der Waals surface area contributed by atoms with Crippen LogP contribution in [0.25, 0.3) is 11.2 Å². The second-order valence-electron chi connectivity index (χ2n) is 7.67. The first kappa shape index (κ1) is 17.6. The summed E-state index contributed by atoms with van der Waals surface area (Å²) in [6, 6.07) is 1.91. The normalized spacial score (nSPS) is 18.3. The number of nitrogens with one attached hydrogen (secondary N) is 2. The SMILES string of the molecule is CCCCn1c(=O)c(=N)n(C(=N)C2(C3CC3)CC2)c2nc(C)c(Br)cc21. The van der Waals surface area contributed by atoms with Gasteiger partial charge in [0.15, 0.2) is 11.1 Å². The highest BCUT2D eigenvalue weighted by Crippen LogP contribution is 2.62. The Bertz CT molecular complexity index is 1030. The van der Waals surface area contributed by atoms with Gasteiger partial charge in [0.1, 0.15) is 5.84 Å².